The molecule has 1 aromatic carbocycles. The largest absolute Gasteiger partial charge is 0.542 e. The molecule has 0 fully saturated rings. The average molecular weight is 379 g/mol. The van der Waals surface area contributed by atoms with Gasteiger partial charge in [0.15, 0.2) is 11.5 Å². The maximum absolute atomic E-state index is 13.9. The number of ether oxygens (including phenoxy) is 2. The fraction of sp³-hybridized carbons (Fsp3) is 0.278. The zero-order valence-corrected chi connectivity index (χ0v) is 14.7. The second-order valence-corrected chi connectivity index (χ2v) is 5.85. The first-order valence-electron chi connectivity index (χ1n) is 8.24. The Morgan fingerprint density at radius 3 is 2.59 bits per heavy atom. The molecule has 1 aromatic heterocycles. The van der Waals surface area contributed by atoms with E-state index >= 15 is 0 Å². The smallest absolute Gasteiger partial charge is 0.526 e. The molecule has 0 saturated carbocycles. The monoisotopic (exact) mass is 379 g/mol. The molecule has 0 unspecified atom stereocenters. The van der Waals surface area contributed by atoms with Crippen molar-refractivity contribution in [2.75, 3.05) is 13.7 Å². The van der Waals surface area contributed by atoms with Gasteiger partial charge in [0, 0.05) is 24.3 Å². The molecule has 2 aromatic rings. The number of hydrogen-bond acceptors (Lipinski definition) is 5. The molecule has 9 heteroatoms. The van der Waals surface area contributed by atoms with Crippen LogP contribution in [-0.2, 0) is 10.8 Å². The van der Waals surface area contributed by atoms with Crippen LogP contribution in [0.4, 0.5) is 13.2 Å². The molecule has 0 spiro atoms. The van der Waals surface area contributed by atoms with Crippen molar-refractivity contribution in [2.45, 2.75) is 19.4 Å². The third-order valence-corrected chi connectivity index (χ3v) is 4.10. The standard InChI is InChI=1S/C18H17BF3NO4/c1-3-26-17-15(25-2)5-4-14(16(17)18(20,21)22)12-6-11(8-23-9-12)13-7-19(24)27-10-13/h4-6,8-10,24H,3,7H2,1-2H3. The van der Waals surface area contributed by atoms with Gasteiger partial charge in [-0.25, -0.2) is 0 Å². The van der Waals surface area contributed by atoms with Crippen molar-refractivity contribution in [3.63, 3.8) is 0 Å². The van der Waals surface area contributed by atoms with Gasteiger partial charge in [0.1, 0.15) is 5.56 Å². The maximum Gasteiger partial charge on any atom is 0.526 e. The number of nitrogens with zero attached hydrogens (tertiary/aromatic N) is 1. The number of rotatable bonds is 5. The van der Waals surface area contributed by atoms with E-state index in [1.807, 2.05) is 0 Å². The van der Waals surface area contributed by atoms with Crippen LogP contribution < -0.4 is 9.47 Å². The first-order chi connectivity index (χ1) is 12.8. The van der Waals surface area contributed by atoms with E-state index in [0.29, 0.717) is 11.1 Å². The number of benzene rings is 1. The summed E-state index contributed by atoms with van der Waals surface area (Å²) < 4.78 is 56.9. The minimum atomic E-state index is -4.66. The molecular formula is C18H17BF3NO4. The quantitative estimate of drug-likeness (QED) is 0.796. The SMILES string of the molecule is CCOc1c(OC)ccc(-c2cncc(C3=COB(O)C3)c2)c1C(F)(F)F. The third kappa shape index (κ3) is 3.87. The van der Waals surface area contributed by atoms with Crippen molar-refractivity contribution in [3.8, 4) is 22.6 Å². The van der Waals surface area contributed by atoms with Crippen molar-refractivity contribution in [1.82, 2.24) is 4.98 Å². The maximum atomic E-state index is 13.9. The van der Waals surface area contributed by atoms with Gasteiger partial charge >= 0.3 is 13.3 Å². The van der Waals surface area contributed by atoms with E-state index in [-0.39, 0.29) is 35.6 Å². The van der Waals surface area contributed by atoms with Gasteiger partial charge in [-0.1, -0.05) is 0 Å². The molecule has 0 radical (unpaired) electrons. The van der Waals surface area contributed by atoms with E-state index in [0.717, 1.165) is 0 Å². The lowest BCUT2D eigenvalue weighted by atomic mass is 9.82. The van der Waals surface area contributed by atoms with Crippen molar-refractivity contribution in [2.24, 2.45) is 0 Å². The summed E-state index contributed by atoms with van der Waals surface area (Å²) in [6, 6.07) is 4.34. The topological polar surface area (TPSA) is 60.8 Å². The van der Waals surface area contributed by atoms with E-state index in [4.69, 9.17) is 14.1 Å². The van der Waals surface area contributed by atoms with Crippen molar-refractivity contribution in [3.05, 3.63) is 48.0 Å². The number of aromatic nitrogens is 1. The number of hydrogen-bond donors (Lipinski definition) is 1. The Morgan fingerprint density at radius 2 is 2.00 bits per heavy atom. The van der Waals surface area contributed by atoms with Crippen LogP contribution >= 0.6 is 0 Å². The second kappa shape index (κ2) is 7.52. The zero-order valence-electron chi connectivity index (χ0n) is 14.7. The van der Waals surface area contributed by atoms with Gasteiger partial charge in [-0.3, -0.25) is 4.98 Å². The van der Waals surface area contributed by atoms with Crippen molar-refractivity contribution in [1.29, 1.82) is 0 Å². The van der Waals surface area contributed by atoms with Crippen LogP contribution in [0.5, 0.6) is 11.5 Å². The summed E-state index contributed by atoms with van der Waals surface area (Å²) in [5.41, 5.74) is 0.515. The summed E-state index contributed by atoms with van der Waals surface area (Å²) in [5, 5.41) is 9.48. The van der Waals surface area contributed by atoms with E-state index in [1.165, 1.54) is 37.9 Å². The Kier molecular flexibility index (Phi) is 5.32. The van der Waals surface area contributed by atoms with Crippen LogP contribution in [0.2, 0.25) is 6.32 Å². The molecule has 0 amide bonds. The van der Waals surface area contributed by atoms with Gasteiger partial charge < -0.3 is 19.2 Å². The Balaban J connectivity index is 2.16. The van der Waals surface area contributed by atoms with Crippen molar-refractivity contribution >= 4 is 12.7 Å². The molecule has 142 valence electrons. The second-order valence-electron chi connectivity index (χ2n) is 5.85. The van der Waals surface area contributed by atoms with Crippen LogP contribution in [-0.4, -0.2) is 30.8 Å². The molecule has 1 aliphatic heterocycles. The highest BCUT2D eigenvalue weighted by atomic mass is 19.4. The lowest BCUT2D eigenvalue weighted by Crippen LogP contribution is -2.12. The number of pyridine rings is 1. The predicted molar refractivity (Wildman–Crippen MR) is 94.2 cm³/mol. The van der Waals surface area contributed by atoms with E-state index in [2.05, 4.69) is 4.98 Å². The molecule has 1 aliphatic rings. The highest BCUT2D eigenvalue weighted by Crippen LogP contribution is 2.47. The molecule has 0 aliphatic carbocycles. The number of allylic oxidation sites excluding steroid dienone is 1. The van der Waals surface area contributed by atoms with Crippen LogP contribution in [0, 0.1) is 0 Å². The molecule has 5 nitrogen and oxygen atoms in total. The third-order valence-electron chi connectivity index (χ3n) is 4.10. The number of methoxy groups -OCH3 is 1. The van der Waals surface area contributed by atoms with E-state index in [1.54, 1.807) is 13.0 Å². The zero-order chi connectivity index (χ0) is 19.6. The molecule has 0 saturated heterocycles. The molecule has 0 atom stereocenters. The normalized spacial score (nSPS) is 14.0. The lowest BCUT2D eigenvalue weighted by molar-refractivity contribution is -0.138. The summed E-state index contributed by atoms with van der Waals surface area (Å²) in [4.78, 5) is 4.05. The molecule has 3 rings (SSSR count). The van der Waals surface area contributed by atoms with Crippen LogP contribution in [0.1, 0.15) is 18.1 Å². The Labute approximate surface area is 154 Å². The average Bonchev–Trinajstić information content (AvgIpc) is 3.07. The highest BCUT2D eigenvalue weighted by Gasteiger charge is 2.39. The fourth-order valence-electron chi connectivity index (χ4n) is 2.93. The Morgan fingerprint density at radius 1 is 1.26 bits per heavy atom. The number of alkyl halides is 3. The first kappa shape index (κ1) is 19.1. The molecule has 27 heavy (non-hydrogen) atoms. The molecule has 1 N–H and O–H groups in total. The van der Waals surface area contributed by atoms with Gasteiger partial charge in [0.2, 0.25) is 0 Å². The Hall–Kier alpha value is -2.68. The Bertz CT molecular complexity index is 870. The van der Waals surface area contributed by atoms with E-state index < -0.39 is 18.9 Å². The van der Waals surface area contributed by atoms with E-state index in [9.17, 15) is 18.2 Å². The van der Waals surface area contributed by atoms with Gasteiger partial charge in [-0.05, 0) is 41.8 Å². The van der Waals surface area contributed by atoms with Crippen LogP contribution in [0.15, 0.2) is 36.9 Å². The van der Waals surface area contributed by atoms with Crippen LogP contribution in [0.25, 0.3) is 16.7 Å². The molecule has 2 heterocycles. The van der Waals surface area contributed by atoms with Crippen LogP contribution in [0.3, 0.4) is 0 Å². The fourth-order valence-corrected chi connectivity index (χ4v) is 2.93. The summed E-state index contributed by atoms with van der Waals surface area (Å²) in [5.74, 6) is -0.346. The molecule has 0 bridgehead atoms. The van der Waals surface area contributed by atoms with Gasteiger partial charge in [0.05, 0.1) is 20.0 Å². The predicted octanol–water partition coefficient (Wildman–Crippen LogP) is 4.03. The van der Waals surface area contributed by atoms with Gasteiger partial charge in [-0.2, -0.15) is 13.2 Å². The summed E-state index contributed by atoms with van der Waals surface area (Å²) in [6.07, 6.45) is -0.170. The number of halogens is 3. The minimum absolute atomic E-state index is 0.00654. The summed E-state index contributed by atoms with van der Waals surface area (Å²) in [7, 11) is 0.331. The molecular weight excluding hydrogens is 362 g/mol. The minimum Gasteiger partial charge on any atom is -0.542 e. The van der Waals surface area contributed by atoms with Crippen molar-refractivity contribution < 1.29 is 32.3 Å². The van der Waals surface area contributed by atoms with Gasteiger partial charge in [-0.15, -0.1) is 0 Å². The lowest BCUT2D eigenvalue weighted by Gasteiger charge is -2.20. The summed E-state index contributed by atoms with van der Waals surface area (Å²) in [6.45, 7) is 1.66. The van der Waals surface area contributed by atoms with Gasteiger partial charge in [0.25, 0.3) is 0 Å². The summed E-state index contributed by atoms with van der Waals surface area (Å²) >= 11 is 0. The first-order valence-corrected chi connectivity index (χ1v) is 8.24. The highest BCUT2D eigenvalue weighted by molar-refractivity contribution is 6.47.